The van der Waals surface area contributed by atoms with Crippen molar-refractivity contribution in [1.29, 1.82) is 0 Å². The van der Waals surface area contributed by atoms with E-state index in [4.69, 9.17) is 4.42 Å². The van der Waals surface area contributed by atoms with Gasteiger partial charge in [0, 0.05) is 20.7 Å². The van der Waals surface area contributed by atoms with Crippen LogP contribution in [0.2, 0.25) is 0 Å². The monoisotopic (exact) mass is 386 g/mol. The molecule has 0 aliphatic carbocycles. The van der Waals surface area contributed by atoms with Crippen LogP contribution < -0.4 is 5.56 Å². The molecule has 0 unspecified atom stereocenters. The first-order valence-corrected chi connectivity index (χ1v) is 9.47. The number of hydrogen-bond donors (Lipinski definition) is 0. The van der Waals surface area contributed by atoms with Gasteiger partial charge in [-0.2, -0.15) is 0 Å². The zero-order valence-corrected chi connectivity index (χ0v) is 15.6. The van der Waals surface area contributed by atoms with Gasteiger partial charge in [-0.05, 0) is 31.2 Å². The highest BCUT2D eigenvalue weighted by molar-refractivity contribution is 7.19. The SMILES string of the molecule is COC(=O)c1ccc(Cn2cnc3scc(-c4ccc(C)s4)c3c2=O)o1. The van der Waals surface area contributed by atoms with Gasteiger partial charge in [0.05, 0.1) is 25.4 Å². The van der Waals surface area contributed by atoms with Crippen molar-refractivity contribution in [3.8, 4) is 10.4 Å². The number of furan rings is 1. The Bertz CT molecular complexity index is 1170. The molecule has 26 heavy (non-hydrogen) atoms. The fourth-order valence-electron chi connectivity index (χ4n) is 2.68. The second-order valence-electron chi connectivity index (χ2n) is 5.67. The number of carbonyl (C=O) groups excluding carboxylic acids is 1. The smallest absolute Gasteiger partial charge is 0.373 e. The second-order valence-corrected chi connectivity index (χ2v) is 7.82. The molecule has 4 heterocycles. The van der Waals surface area contributed by atoms with Crippen molar-refractivity contribution in [3.63, 3.8) is 0 Å². The molecular formula is C18H14N2O4S2. The summed E-state index contributed by atoms with van der Waals surface area (Å²) < 4.78 is 11.6. The molecule has 0 N–H and O–H groups in total. The minimum atomic E-state index is -0.551. The van der Waals surface area contributed by atoms with Crippen LogP contribution in [-0.4, -0.2) is 22.6 Å². The third-order valence-corrected chi connectivity index (χ3v) is 5.86. The number of aromatic nitrogens is 2. The van der Waals surface area contributed by atoms with E-state index in [1.807, 2.05) is 24.4 Å². The number of hydrogen-bond acceptors (Lipinski definition) is 7. The molecule has 0 amide bonds. The first-order chi connectivity index (χ1) is 12.6. The predicted octanol–water partition coefficient (Wildman–Crippen LogP) is 3.92. The highest BCUT2D eigenvalue weighted by atomic mass is 32.1. The fourth-order valence-corrected chi connectivity index (χ4v) is 4.54. The van der Waals surface area contributed by atoms with E-state index in [-0.39, 0.29) is 17.9 Å². The van der Waals surface area contributed by atoms with Crippen molar-refractivity contribution in [2.45, 2.75) is 13.5 Å². The van der Waals surface area contributed by atoms with E-state index in [0.29, 0.717) is 16.0 Å². The number of rotatable bonds is 4. The number of ether oxygens (including phenoxy) is 1. The summed E-state index contributed by atoms with van der Waals surface area (Å²) in [5.41, 5.74) is 0.776. The van der Waals surface area contributed by atoms with Crippen molar-refractivity contribution in [1.82, 2.24) is 9.55 Å². The fraction of sp³-hybridized carbons (Fsp3) is 0.167. The van der Waals surface area contributed by atoms with Gasteiger partial charge in [0.1, 0.15) is 10.6 Å². The predicted molar refractivity (Wildman–Crippen MR) is 101 cm³/mol. The maximum atomic E-state index is 13.0. The zero-order valence-electron chi connectivity index (χ0n) is 14.0. The number of aryl methyl sites for hydroxylation is 1. The topological polar surface area (TPSA) is 74.3 Å². The van der Waals surface area contributed by atoms with Gasteiger partial charge in [0.2, 0.25) is 5.76 Å². The molecule has 0 saturated heterocycles. The Morgan fingerprint density at radius 2 is 2.15 bits per heavy atom. The van der Waals surface area contributed by atoms with E-state index >= 15 is 0 Å². The molecule has 0 spiro atoms. The van der Waals surface area contributed by atoms with Crippen molar-refractivity contribution < 1.29 is 13.9 Å². The maximum Gasteiger partial charge on any atom is 0.373 e. The number of nitrogens with zero attached hydrogens (tertiary/aromatic N) is 2. The van der Waals surface area contributed by atoms with Gasteiger partial charge >= 0.3 is 5.97 Å². The normalized spacial score (nSPS) is 11.2. The summed E-state index contributed by atoms with van der Waals surface area (Å²) in [6, 6.07) is 7.24. The molecule has 4 aromatic rings. The van der Waals surface area contributed by atoms with E-state index < -0.39 is 5.97 Å². The molecule has 132 valence electrons. The minimum Gasteiger partial charge on any atom is -0.463 e. The molecule has 0 atom stereocenters. The molecule has 0 saturated carbocycles. The first kappa shape index (κ1) is 16.7. The van der Waals surface area contributed by atoms with Gasteiger partial charge in [-0.25, -0.2) is 9.78 Å². The molecule has 0 aliphatic rings. The highest BCUT2D eigenvalue weighted by Gasteiger charge is 2.16. The molecular weight excluding hydrogens is 372 g/mol. The summed E-state index contributed by atoms with van der Waals surface area (Å²) in [6.45, 7) is 2.23. The van der Waals surface area contributed by atoms with E-state index in [9.17, 15) is 9.59 Å². The summed E-state index contributed by atoms with van der Waals surface area (Å²) in [5.74, 6) is 0.0395. The molecule has 0 aliphatic heterocycles. The number of fused-ring (bicyclic) bond motifs is 1. The highest BCUT2D eigenvalue weighted by Crippen LogP contribution is 2.34. The van der Waals surface area contributed by atoms with Crippen molar-refractivity contribution in [2.24, 2.45) is 0 Å². The Morgan fingerprint density at radius 3 is 2.88 bits per heavy atom. The van der Waals surface area contributed by atoms with Crippen LogP contribution in [0.4, 0.5) is 0 Å². The Morgan fingerprint density at radius 1 is 1.31 bits per heavy atom. The number of esters is 1. The standard InChI is InChI=1S/C18H14N2O4S2/c1-10-3-6-14(26-10)12-8-25-16-15(12)17(21)20(9-19-16)7-11-4-5-13(24-11)18(22)23-2/h3-6,8-9H,7H2,1-2H3. The van der Waals surface area contributed by atoms with E-state index in [1.165, 1.54) is 40.3 Å². The molecule has 6 nitrogen and oxygen atoms in total. The Hall–Kier alpha value is -2.71. The van der Waals surface area contributed by atoms with Crippen LogP contribution >= 0.6 is 22.7 Å². The van der Waals surface area contributed by atoms with Crippen LogP contribution in [0.5, 0.6) is 0 Å². The number of thiophene rings is 2. The van der Waals surface area contributed by atoms with Crippen molar-refractivity contribution >= 4 is 38.9 Å². The van der Waals surface area contributed by atoms with Crippen molar-refractivity contribution in [2.75, 3.05) is 7.11 Å². The summed E-state index contributed by atoms with van der Waals surface area (Å²) in [7, 11) is 1.29. The van der Waals surface area contributed by atoms with Crippen LogP contribution in [0.1, 0.15) is 21.2 Å². The van der Waals surface area contributed by atoms with E-state index in [1.54, 1.807) is 17.4 Å². The Balaban J connectivity index is 1.75. The lowest BCUT2D eigenvalue weighted by Crippen LogP contribution is -2.20. The maximum absolute atomic E-state index is 13.0. The summed E-state index contributed by atoms with van der Waals surface area (Å²) in [4.78, 5) is 31.8. The molecule has 0 bridgehead atoms. The van der Waals surface area contributed by atoms with Crippen LogP contribution in [0.25, 0.3) is 20.7 Å². The van der Waals surface area contributed by atoms with Crippen LogP contribution in [0.3, 0.4) is 0 Å². The largest absolute Gasteiger partial charge is 0.463 e. The molecule has 0 radical (unpaired) electrons. The van der Waals surface area contributed by atoms with Gasteiger partial charge in [-0.15, -0.1) is 22.7 Å². The lowest BCUT2D eigenvalue weighted by Gasteiger charge is -2.04. The average Bonchev–Trinajstić information content (AvgIpc) is 3.36. The quantitative estimate of drug-likeness (QED) is 0.497. The van der Waals surface area contributed by atoms with Gasteiger partial charge in [-0.1, -0.05) is 0 Å². The minimum absolute atomic E-state index is 0.106. The summed E-state index contributed by atoms with van der Waals surface area (Å²) in [5, 5.41) is 2.58. The third kappa shape index (κ3) is 2.87. The molecule has 8 heteroatoms. The van der Waals surface area contributed by atoms with Gasteiger partial charge in [-0.3, -0.25) is 9.36 Å². The molecule has 4 rings (SSSR count). The summed E-state index contributed by atoms with van der Waals surface area (Å²) >= 11 is 3.10. The second kappa shape index (κ2) is 6.54. The van der Waals surface area contributed by atoms with Crippen LogP contribution in [-0.2, 0) is 11.3 Å². The number of carbonyl (C=O) groups is 1. The van der Waals surface area contributed by atoms with Crippen molar-refractivity contribution in [3.05, 3.63) is 62.7 Å². The van der Waals surface area contributed by atoms with Gasteiger partial charge in [0.15, 0.2) is 0 Å². The lowest BCUT2D eigenvalue weighted by atomic mass is 10.2. The Labute approximate surface area is 156 Å². The summed E-state index contributed by atoms with van der Waals surface area (Å²) in [6.07, 6.45) is 1.50. The third-order valence-electron chi connectivity index (χ3n) is 3.94. The van der Waals surface area contributed by atoms with Gasteiger partial charge in [0.25, 0.3) is 5.56 Å². The Kier molecular flexibility index (Phi) is 4.21. The van der Waals surface area contributed by atoms with E-state index in [0.717, 1.165) is 10.4 Å². The van der Waals surface area contributed by atoms with E-state index in [2.05, 4.69) is 9.72 Å². The van der Waals surface area contributed by atoms with Gasteiger partial charge < -0.3 is 9.15 Å². The number of methoxy groups -OCH3 is 1. The molecule has 4 aromatic heterocycles. The molecule has 0 aromatic carbocycles. The average molecular weight is 386 g/mol. The van der Waals surface area contributed by atoms with Crippen LogP contribution in [0.15, 0.2) is 45.2 Å². The molecule has 0 fully saturated rings. The lowest BCUT2D eigenvalue weighted by molar-refractivity contribution is 0.0563. The first-order valence-electron chi connectivity index (χ1n) is 7.77. The van der Waals surface area contributed by atoms with Crippen LogP contribution in [0, 0.1) is 6.92 Å². The zero-order chi connectivity index (χ0) is 18.3.